The van der Waals surface area contributed by atoms with Crippen molar-refractivity contribution in [3.63, 3.8) is 0 Å². The molecule has 0 aromatic rings. The van der Waals surface area contributed by atoms with E-state index in [4.69, 9.17) is 0 Å². The SMILES string of the molecule is C/C=C1\C=CC=CC1. The molecule has 42 valence electrons. The van der Waals surface area contributed by atoms with Crippen LogP contribution >= 0.6 is 0 Å². The third-order valence-electron chi connectivity index (χ3n) is 1.28. The second-order valence-electron chi connectivity index (χ2n) is 1.85. The summed E-state index contributed by atoms with van der Waals surface area (Å²) in [4.78, 5) is 0. The maximum absolute atomic E-state index is 2.16. The van der Waals surface area contributed by atoms with Gasteiger partial charge in [0.1, 0.15) is 0 Å². The predicted molar refractivity (Wildman–Crippen MR) is 36.7 cm³/mol. The first-order valence-electron chi connectivity index (χ1n) is 2.92. The molecule has 0 saturated heterocycles. The van der Waals surface area contributed by atoms with Crippen molar-refractivity contribution in [1.82, 2.24) is 0 Å². The molecule has 8 heavy (non-hydrogen) atoms. The van der Waals surface area contributed by atoms with Gasteiger partial charge >= 0.3 is 0 Å². The fourth-order valence-electron chi connectivity index (χ4n) is 0.744. The van der Waals surface area contributed by atoms with Gasteiger partial charge in [0.25, 0.3) is 0 Å². The van der Waals surface area contributed by atoms with E-state index < -0.39 is 0 Å². The van der Waals surface area contributed by atoms with E-state index in [9.17, 15) is 0 Å². The molecule has 0 spiro atoms. The van der Waals surface area contributed by atoms with Gasteiger partial charge in [-0.05, 0) is 18.9 Å². The Balaban J connectivity index is 2.66. The van der Waals surface area contributed by atoms with Crippen LogP contribution in [-0.4, -0.2) is 0 Å². The van der Waals surface area contributed by atoms with Gasteiger partial charge in [-0.3, -0.25) is 0 Å². The molecule has 0 aromatic carbocycles. The average Bonchev–Trinajstić information content (AvgIpc) is 1.90. The lowest BCUT2D eigenvalue weighted by atomic mass is 10.1. The second kappa shape index (κ2) is 2.51. The van der Waals surface area contributed by atoms with Crippen LogP contribution in [0.1, 0.15) is 13.3 Å². The van der Waals surface area contributed by atoms with E-state index >= 15 is 0 Å². The Morgan fingerprint density at radius 1 is 1.50 bits per heavy atom. The average molecular weight is 106 g/mol. The number of hydrogen-bond acceptors (Lipinski definition) is 0. The minimum absolute atomic E-state index is 1.10. The first-order chi connectivity index (χ1) is 3.93. The number of allylic oxidation sites excluding steroid dienone is 6. The summed E-state index contributed by atoms with van der Waals surface area (Å²) >= 11 is 0. The monoisotopic (exact) mass is 106 g/mol. The van der Waals surface area contributed by atoms with Crippen LogP contribution in [0.3, 0.4) is 0 Å². The zero-order valence-electron chi connectivity index (χ0n) is 5.09. The third-order valence-corrected chi connectivity index (χ3v) is 1.28. The highest BCUT2D eigenvalue weighted by molar-refractivity contribution is 5.28. The summed E-state index contributed by atoms with van der Waals surface area (Å²) in [6, 6.07) is 0. The normalized spacial score (nSPS) is 22.4. The van der Waals surface area contributed by atoms with Gasteiger partial charge in [-0.2, -0.15) is 0 Å². The van der Waals surface area contributed by atoms with Gasteiger partial charge in [-0.15, -0.1) is 0 Å². The molecule has 0 amide bonds. The Morgan fingerprint density at radius 2 is 2.38 bits per heavy atom. The highest BCUT2D eigenvalue weighted by Crippen LogP contribution is 2.08. The molecule has 0 aliphatic heterocycles. The van der Waals surface area contributed by atoms with Gasteiger partial charge in [-0.25, -0.2) is 0 Å². The Morgan fingerprint density at radius 3 is 2.75 bits per heavy atom. The van der Waals surface area contributed by atoms with Crippen molar-refractivity contribution in [3.05, 3.63) is 36.0 Å². The zero-order chi connectivity index (χ0) is 5.82. The van der Waals surface area contributed by atoms with E-state index in [0.29, 0.717) is 0 Å². The molecular weight excluding hydrogens is 96.1 g/mol. The molecule has 0 heteroatoms. The molecule has 0 heterocycles. The molecule has 1 aliphatic rings. The van der Waals surface area contributed by atoms with Gasteiger partial charge in [0.05, 0.1) is 0 Å². The summed E-state index contributed by atoms with van der Waals surface area (Å²) < 4.78 is 0. The minimum atomic E-state index is 1.10. The van der Waals surface area contributed by atoms with Crippen LogP contribution in [0.25, 0.3) is 0 Å². The summed E-state index contributed by atoms with van der Waals surface area (Å²) in [5.74, 6) is 0. The summed E-state index contributed by atoms with van der Waals surface area (Å²) in [6.07, 6.45) is 11.7. The highest BCUT2D eigenvalue weighted by atomic mass is 13.9. The van der Waals surface area contributed by atoms with Crippen molar-refractivity contribution in [1.29, 1.82) is 0 Å². The summed E-state index contributed by atoms with van der Waals surface area (Å²) in [5.41, 5.74) is 1.41. The molecule has 0 radical (unpaired) electrons. The first kappa shape index (κ1) is 5.36. The van der Waals surface area contributed by atoms with Crippen LogP contribution in [0.4, 0.5) is 0 Å². The summed E-state index contributed by atoms with van der Waals surface area (Å²) in [7, 11) is 0. The Hall–Kier alpha value is -0.780. The molecule has 1 rings (SSSR count). The summed E-state index contributed by atoms with van der Waals surface area (Å²) in [5, 5.41) is 0. The lowest BCUT2D eigenvalue weighted by Crippen LogP contribution is -1.77. The zero-order valence-corrected chi connectivity index (χ0v) is 5.09. The first-order valence-corrected chi connectivity index (χ1v) is 2.92. The fourth-order valence-corrected chi connectivity index (χ4v) is 0.744. The van der Waals surface area contributed by atoms with Gasteiger partial charge in [0, 0.05) is 0 Å². The molecule has 0 N–H and O–H groups in total. The van der Waals surface area contributed by atoms with Crippen LogP contribution < -0.4 is 0 Å². The topological polar surface area (TPSA) is 0 Å². The van der Waals surface area contributed by atoms with Crippen molar-refractivity contribution >= 4 is 0 Å². The molecule has 0 unspecified atom stereocenters. The number of rotatable bonds is 0. The van der Waals surface area contributed by atoms with Crippen molar-refractivity contribution < 1.29 is 0 Å². The molecule has 0 atom stereocenters. The van der Waals surface area contributed by atoms with E-state index in [2.05, 4.69) is 37.3 Å². The quantitative estimate of drug-likeness (QED) is 0.445. The van der Waals surface area contributed by atoms with Crippen molar-refractivity contribution in [2.75, 3.05) is 0 Å². The van der Waals surface area contributed by atoms with Crippen molar-refractivity contribution in [2.24, 2.45) is 0 Å². The molecule has 1 aliphatic carbocycles. The van der Waals surface area contributed by atoms with Crippen LogP contribution in [-0.2, 0) is 0 Å². The molecule has 0 aromatic heterocycles. The van der Waals surface area contributed by atoms with Crippen LogP contribution in [0, 0.1) is 0 Å². The molecule has 0 saturated carbocycles. The highest BCUT2D eigenvalue weighted by Gasteiger charge is 1.87. The van der Waals surface area contributed by atoms with E-state index in [1.807, 2.05) is 0 Å². The summed E-state index contributed by atoms with van der Waals surface area (Å²) in [6.45, 7) is 2.07. The van der Waals surface area contributed by atoms with E-state index in [-0.39, 0.29) is 0 Å². The lowest BCUT2D eigenvalue weighted by molar-refractivity contribution is 1.25. The predicted octanol–water partition coefficient (Wildman–Crippen LogP) is 2.45. The van der Waals surface area contributed by atoms with Crippen molar-refractivity contribution in [2.45, 2.75) is 13.3 Å². The lowest BCUT2D eigenvalue weighted by Gasteiger charge is -1.97. The maximum atomic E-state index is 2.16. The molecule has 0 fully saturated rings. The van der Waals surface area contributed by atoms with E-state index in [1.165, 1.54) is 5.57 Å². The fraction of sp³-hybridized carbons (Fsp3) is 0.250. The number of hydrogen-bond donors (Lipinski definition) is 0. The van der Waals surface area contributed by atoms with Crippen LogP contribution in [0.5, 0.6) is 0 Å². The van der Waals surface area contributed by atoms with E-state index in [1.54, 1.807) is 0 Å². The van der Waals surface area contributed by atoms with Gasteiger partial charge in [0.2, 0.25) is 0 Å². The molecule has 0 bridgehead atoms. The Bertz CT molecular complexity index is 147. The van der Waals surface area contributed by atoms with Gasteiger partial charge in [0.15, 0.2) is 0 Å². The Kier molecular flexibility index (Phi) is 1.68. The third kappa shape index (κ3) is 1.09. The largest absolute Gasteiger partial charge is 0.0841 e. The minimum Gasteiger partial charge on any atom is -0.0841 e. The van der Waals surface area contributed by atoms with Gasteiger partial charge in [-0.1, -0.05) is 30.4 Å². The maximum Gasteiger partial charge on any atom is -0.00976 e. The second-order valence-corrected chi connectivity index (χ2v) is 1.85. The van der Waals surface area contributed by atoms with E-state index in [0.717, 1.165) is 6.42 Å². The molecular formula is C8H10. The molecule has 0 nitrogen and oxygen atoms in total. The van der Waals surface area contributed by atoms with Crippen molar-refractivity contribution in [3.8, 4) is 0 Å². The van der Waals surface area contributed by atoms with Gasteiger partial charge < -0.3 is 0 Å². The smallest absolute Gasteiger partial charge is 0.00976 e. The standard InChI is InChI=1S/C8H10/c1-2-8-6-4-3-5-7-8/h2-6H,7H2,1H3/b8-2+. The Labute approximate surface area is 50.2 Å². The van der Waals surface area contributed by atoms with Crippen LogP contribution in [0.15, 0.2) is 36.0 Å². The van der Waals surface area contributed by atoms with Crippen LogP contribution in [0.2, 0.25) is 0 Å².